The predicted molar refractivity (Wildman–Crippen MR) is 72.1 cm³/mol. The van der Waals surface area contributed by atoms with E-state index in [1.807, 2.05) is 0 Å². The largest absolute Gasteiger partial charge is 0.496 e. The summed E-state index contributed by atoms with van der Waals surface area (Å²) in [5, 5.41) is 4.31. The first-order chi connectivity index (χ1) is 8.13. The maximum absolute atomic E-state index is 6.38. The summed E-state index contributed by atoms with van der Waals surface area (Å²) >= 11 is 6.38. The van der Waals surface area contributed by atoms with E-state index in [1.54, 1.807) is 7.11 Å². The van der Waals surface area contributed by atoms with Gasteiger partial charge in [-0.15, -0.1) is 0 Å². The van der Waals surface area contributed by atoms with Crippen LogP contribution in [0.25, 0.3) is 0 Å². The van der Waals surface area contributed by atoms with Crippen molar-refractivity contribution >= 4 is 11.6 Å². The summed E-state index contributed by atoms with van der Waals surface area (Å²) in [6, 6.07) is 4.65. The topological polar surface area (TPSA) is 21.3 Å². The molecule has 1 aliphatic heterocycles. The van der Waals surface area contributed by atoms with E-state index in [0.717, 1.165) is 22.9 Å². The summed E-state index contributed by atoms with van der Waals surface area (Å²) in [4.78, 5) is 0. The number of methoxy groups -OCH3 is 1. The first kappa shape index (κ1) is 12.7. The van der Waals surface area contributed by atoms with Crippen LogP contribution in [0.2, 0.25) is 5.02 Å². The molecule has 94 valence electrons. The van der Waals surface area contributed by atoms with E-state index in [4.69, 9.17) is 16.3 Å². The van der Waals surface area contributed by atoms with Crippen LogP contribution in [-0.2, 0) is 0 Å². The SMILES string of the molecule is COc1cc(C2CCCN2)cc(Cl)c1C(C)C. The van der Waals surface area contributed by atoms with Gasteiger partial charge in [-0.1, -0.05) is 25.4 Å². The van der Waals surface area contributed by atoms with Gasteiger partial charge < -0.3 is 10.1 Å². The molecule has 1 saturated heterocycles. The van der Waals surface area contributed by atoms with Gasteiger partial charge in [-0.05, 0) is 43.0 Å². The summed E-state index contributed by atoms with van der Waals surface area (Å²) < 4.78 is 5.48. The number of hydrogen-bond donors (Lipinski definition) is 1. The van der Waals surface area contributed by atoms with Gasteiger partial charge >= 0.3 is 0 Å². The number of benzene rings is 1. The van der Waals surface area contributed by atoms with Gasteiger partial charge in [0.15, 0.2) is 0 Å². The molecule has 0 aromatic heterocycles. The number of rotatable bonds is 3. The number of halogens is 1. The highest BCUT2D eigenvalue weighted by Crippen LogP contribution is 2.37. The maximum atomic E-state index is 6.38. The van der Waals surface area contributed by atoms with Gasteiger partial charge in [0, 0.05) is 16.6 Å². The lowest BCUT2D eigenvalue weighted by Crippen LogP contribution is -2.13. The van der Waals surface area contributed by atoms with Crippen LogP contribution in [0, 0.1) is 0 Å². The van der Waals surface area contributed by atoms with Crippen molar-refractivity contribution < 1.29 is 4.74 Å². The fraction of sp³-hybridized carbons (Fsp3) is 0.571. The molecule has 1 N–H and O–H groups in total. The van der Waals surface area contributed by atoms with Crippen molar-refractivity contribution in [2.24, 2.45) is 0 Å². The Hall–Kier alpha value is -0.730. The Morgan fingerprint density at radius 3 is 2.71 bits per heavy atom. The van der Waals surface area contributed by atoms with Gasteiger partial charge in [0.1, 0.15) is 5.75 Å². The lowest BCUT2D eigenvalue weighted by molar-refractivity contribution is 0.406. The van der Waals surface area contributed by atoms with Gasteiger partial charge in [0.25, 0.3) is 0 Å². The monoisotopic (exact) mass is 253 g/mol. The van der Waals surface area contributed by atoms with E-state index < -0.39 is 0 Å². The molecule has 1 unspecified atom stereocenters. The molecule has 1 aromatic rings. The molecule has 0 aliphatic carbocycles. The molecule has 0 bridgehead atoms. The second kappa shape index (κ2) is 5.28. The Morgan fingerprint density at radius 2 is 2.18 bits per heavy atom. The Kier molecular flexibility index (Phi) is 3.95. The average molecular weight is 254 g/mol. The molecule has 2 nitrogen and oxygen atoms in total. The molecule has 1 aromatic carbocycles. The van der Waals surface area contributed by atoms with Crippen molar-refractivity contribution in [2.45, 2.75) is 38.6 Å². The lowest BCUT2D eigenvalue weighted by Gasteiger charge is -2.18. The van der Waals surface area contributed by atoms with Crippen LogP contribution in [0.4, 0.5) is 0 Å². The standard InChI is InChI=1S/C14H20ClNO/c1-9(2)14-11(15)7-10(8-13(14)17-3)12-5-4-6-16-12/h7-9,12,16H,4-6H2,1-3H3. The molecule has 17 heavy (non-hydrogen) atoms. The third-order valence-electron chi connectivity index (χ3n) is 3.37. The van der Waals surface area contributed by atoms with E-state index >= 15 is 0 Å². The van der Waals surface area contributed by atoms with Gasteiger partial charge in [0.2, 0.25) is 0 Å². The van der Waals surface area contributed by atoms with E-state index in [1.165, 1.54) is 18.4 Å². The third kappa shape index (κ3) is 2.58. The van der Waals surface area contributed by atoms with Crippen molar-refractivity contribution in [2.75, 3.05) is 13.7 Å². The van der Waals surface area contributed by atoms with E-state index in [0.29, 0.717) is 12.0 Å². The highest BCUT2D eigenvalue weighted by Gasteiger charge is 2.20. The molecule has 0 spiro atoms. The Labute approximate surface area is 108 Å². The molecule has 0 saturated carbocycles. The van der Waals surface area contributed by atoms with Crippen LogP contribution < -0.4 is 10.1 Å². The van der Waals surface area contributed by atoms with Gasteiger partial charge in [0.05, 0.1) is 7.11 Å². The summed E-state index contributed by atoms with van der Waals surface area (Å²) in [6.07, 6.45) is 2.41. The molecule has 1 heterocycles. The molecule has 1 fully saturated rings. The Morgan fingerprint density at radius 1 is 1.41 bits per heavy atom. The van der Waals surface area contributed by atoms with Crippen LogP contribution in [0.5, 0.6) is 5.75 Å². The van der Waals surface area contributed by atoms with Crippen LogP contribution in [0.15, 0.2) is 12.1 Å². The quantitative estimate of drug-likeness (QED) is 0.882. The Balaban J connectivity index is 2.40. The molecule has 1 atom stereocenters. The molecule has 1 aliphatic rings. The van der Waals surface area contributed by atoms with Gasteiger partial charge in [-0.25, -0.2) is 0 Å². The van der Waals surface area contributed by atoms with Crippen molar-refractivity contribution in [3.8, 4) is 5.75 Å². The number of hydrogen-bond acceptors (Lipinski definition) is 2. The van der Waals surface area contributed by atoms with Crippen LogP contribution in [0.3, 0.4) is 0 Å². The molecular formula is C14H20ClNO. The fourth-order valence-corrected chi connectivity index (χ4v) is 2.95. The predicted octanol–water partition coefficient (Wildman–Crippen LogP) is 3.90. The zero-order valence-corrected chi connectivity index (χ0v) is 11.5. The molecule has 3 heteroatoms. The second-order valence-corrected chi connectivity index (χ2v) is 5.33. The van der Waals surface area contributed by atoms with Crippen LogP contribution >= 0.6 is 11.6 Å². The second-order valence-electron chi connectivity index (χ2n) is 4.92. The normalized spacial score (nSPS) is 19.9. The van der Waals surface area contributed by atoms with Crippen LogP contribution in [-0.4, -0.2) is 13.7 Å². The van der Waals surface area contributed by atoms with Crippen molar-refractivity contribution in [1.29, 1.82) is 0 Å². The molecule has 2 rings (SSSR count). The summed E-state index contributed by atoms with van der Waals surface area (Å²) in [5.41, 5.74) is 2.35. The maximum Gasteiger partial charge on any atom is 0.124 e. The molecular weight excluding hydrogens is 234 g/mol. The zero-order chi connectivity index (χ0) is 12.4. The first-order valence-corrected chi connectivity index (χ1v) is 6.62. The molecule has 0 radical (unpaired) electrons. The van der Waals surface area contributed by atoms with E-state index in [-0.39, 0.29) is 0 Å². The zero-order valence-electron chi connectivity index (χ0n) is 10.7. The van der Waals surface area contributed by atoms with E-state index in [9.17, 15) is 0 Å². The summed E-state index contributed by atoms with van der Waals surface area (Å²) in [7, 11) is 1.71. The highest BCUT2D eigenvalue weighted by atomic mass is 35.5. The third-order valence-corrected chi connectivity index (χ3v) is 3.69. The minimum Gasteiger partial charge on any atom is -0.496 e. The fourth-order valence-electron chi connectivity index (χ4n) is 2.51. The van der Waals surface area contributed by atoms with E-state index in [2.05, 4.69) is 31.3 Å². The Bertz CT molecular complexity index is 397. The lowest BCUT2D eigenvalue weighted by atomic mass is 9.97. The summed E-state index contributed by atoms with van der Waals surface area (Å²) in [6.45, 7) is 5.37. The van der Waals surface area contributed by atoms with Crippen molar-refractivity contribution in [3.63, 3.8) is 0 Å². The van der Waals surface area contributed by atoms with Gasteiger partial charge in [-0.3, -0.25) is 0 Å². The first-order valence-electron chi connectivity index (χ1n) is 6.24. The van der Waals surface area contributed by atoms with Crippen molar-refractivity contribution in [1.82, 2.24) is 5.32 Å². The minimum absolute atomic E-state index is 0.378. The minimum atomic E-state index is 0.378. The molecule has 0 amide bonds. The van der Waals surface area contributed by atoms with Crippen LogP contribution in [0.1, 0.15) is 49.8 Å². The number of ether oxygens (including phenoxy) is 1. The average Bonchev–Trinajstić information content (AvgIpc) is 2.80. The summed E-state index contributed by atoms with van der Waals surface area (Å²) in [5.74, 6) is 1.29. The smallest absolute Gasteiger partial charge is 0.124 e. The highest BCUT2D eigenvalue weighted by molar-refractivity contribution is 6.31. The van der Waals surface area contributed by atoms with Crippen molar-refractivity contribution in [3.05, 3.63) is 28.3 Å². The number of nitrogens with one attached hydrogen (secondary N) is 1. The van der Waals surface area contributed by atoms with Gasteiger partial charge in [-0.2, -0.15) is 0 Å².